The number of hydrogen-bond acceptors (Lipinski definition) is 10. The standard InChI is InChI=1S/C52H68N10O6/c1-37(53-5)49(63)57-47(51(65)61-27-17-23-43(61)35-59-29-25-55-45(59)33-41-19-11-9-12-20-41)39(3)67-31-15-7-8-16-32-68-40(4)48(58-50(64)38(2)54-6)52(66)62-28-18-24-44(62)36-60-30-26-56-46(60)34-42-21-13-10-14-22-42/h9-14,19-22,25-26,29-30,37-40,43-44,47-48,53-54H,17-18,23-24,27-28,31-36H2,1-6H3,(H,57,63)(H,58,64)/t37-,38-,39+,40+,43-,44-,47-,48-/m0/s1. The number of amides is 4. The van der Waals surface area contributed by atoms with Crippen molar-refractivity contribution in [3.8, 4) is 23.7 Å². The van der Waals surface area contributed by atoms with Crippen LogP contribution in [0.2, 0.25) is 0 Å². The van der Waals surface area contributed by atoms with Gasteiger partial charge in [0.05, 0.1) is 24.3 Å². The molecule has 16 heteroatoms. The zero-order valence-corrected chi connectivity index (χ0v) is 40.3. The van der Waals surface area contributed by atoms with E-state index in [2.05, 4.69) is 88.3 Å². The maximum atomic E-state index is 14.3. The number of likely N-dealkylation sites (tertiary alicyclic amines) is 2. The summed E-state index contributed by atoms with van der Waals surface area (Å²) in [6.07, 6.45) is 10.8. The normalized spacial score (nSPS) is 18.3. The van der Waals surface area contributed by atoms with E-state index >= 15 is 0 Å². The summed E-state index contributed by atoms with van der Waals surface area (Å²) in [5, 5.41) is 11.8. The lowest BCUT2D eigenvalue weighted by Gasteiger charge is -2.32. The number of benzene rings is 2. The second-order valence-electron chi connectivity index (χ2n) is 17.6. The van der Waals surface area contributed by atoms with Gasteiger partial charge in [0.2, 0.25) is 23.6 Å². The van der Waals surface area contributed by atoms with E-state index in [1.54, 1.807) is 54.2 Å². The Morgan fingerprint density at radius 2 is 1.03 bits per heavy atom. The van der Waals surface area contributed by atoms with Crippen molar-refractivity contribution in [3.05, 3.63) is 108 Å². The Balaban J connectivity index is 1.04. The van der Waals surface area contributed by atoms with Gasteiger partial charge >= 0.3 is 0 Å². The van der Waals surface area contributed by atoms with E-state index < -0.39 is 36.4 Å². The summed E-state index contributed by atoms with van der Waals surface area (Å²) in [6, 6.07) is 17.2. The molecule has 2 saturated heterocycles. The smallest absolute Gasteiger partial charge is 0.248 e. The quantitative estimate of drug-likeness (QED) is 0.0859. The molecule has 0 bridgehead atoms. The number of hydrogen-bond donors (Lipinski definition) is 4. The highest BCUT2D eigenvalue weighted by Crippen LogP contribution is 2.24. The van der Waals surface area contributed by atoms with Crippen LogP contribution in [0, 0.1) is 23.7 Å². The molecular weight excluding hydrogens is 861 g/mol. The van der Waals surface area contributed by atoms with Gasteiger partial charge in [-0.1, -0.05) is 72.5 Å². The van der Waals surface area contributed by atoms with Gasteiger partial charge in [0.25, 0.3) is 0 Å². The lowest BCUT2D eigenvalue weighted by molar-refractivity contribution is -0.141. The Labute approximate surface area is 401 Å². The molecule has 2 fully saturated rings. The molecule has 4 aromatic rings. The van der Waals surface area contributed by atoms with Gasteiger partial charge in [0.15, 0.2) is 0 Å². The highest BCUT2D eigenvalue weighted by Gasteiger charge is 2.39. The van der Waals surface area contributed by atoms with Crippen molar-refractivity contribution in [2.24, 2.45) is 0 Å². The van der Waals surface area contributed by atoms with E-state index in [-0.39, 0.29) is 48.9 Å². The molecule has 4 N–H and O–H groups in total. The van der Waals surface area contributed by atoms with Crippen LogP contribution in [0.5, 0.6) is 0 Å². The van der Waals surface area contributed by atoms with E-state index in [1.807, 2.05) is 58.6 Å². The maximum absolute atomic E-state index is 14.3. The Bertz CT molecular complexity index is 2220. The molecule has 8 atom stereocenters. The van der Waals surface area contributed by atoms with Crippen molar-refractivity contribution < 1.29 is 28.7 Å². The van der Waals surface area contributed by atoms with Crippen LogP contribution in [0.4, 0.5) is 0 Å². The lowest BCUT2D eigenvalue weighted by Crippen LogP contribution is -2.58. The number of carbonyl (C=O) groups excluding carboxylic acids is 4. The third-order valence-electron chi connectivity index (χ3n) is 12.9. The molecule has 0 spiro atoms. The van der Waals surface area contributed by atoms with Crippen molar-refractivity contribution in [3.63, 3.8) is 0 Å². The fraction of sp³-hybridized carbons (Fsp3) is 0.500. The van der Waals surface area contributed by atoms with E-state index in [0.717, 1.165) is 48.5 Å². The molecule has 362 valence electrons. The van der Waals surface area contributed by atoms with Crippen LogP contribution in [0.3, 0.4) is 0 Å². The van der Waals surface area contributed by atoms with Gasteiger partial charge < -0.3 is 49.7 Å². The molecule has 2 aliphatic rings. The zero-order valence-electron chi connectivity index (χ0n) is 40.3. The number of carbonyl (C=O) groups is 4. The van der Waals surface area contributed by atoms with E-state index in [9.17, 15) is 19.2 Å². The predicted molar refractivity (Wildman–Crippen MR) is 260 cm³/mol. The van der Waals surface area contributed by atoms with Crippen molar-refractivity contribution in [1.29, 1.82) is 0 Å². The SMILES string of the molecule is CN[C@@H](C)C(=O)N[C@H](C(=O)N1CCC[C@H]1Cn1ccnc1Cc1ccccc1)[C@@H](C)OCC#CC#CCO[C@H](C)[C@H](NC(=O)[C@H](C)NC)C(=O)N1CCC[C@H]1Cn1ccnc1Cc1ccccc1. The summed E-state index contributed by atoms with van der Waals surface area (Å²) in [7, 11) is 3.38. The lowest BCUT2D eigenvalue weighted by atomic mass is 10.1. The minimum atomic E-state index is -0.945. The Morgan fingerprint density at radius 1 is 0.632 bits per heavy atom. The molecule has 0 saturated carbocycles. The Hall–Kier alpha value is -6.30. The molecule has 16 nitrogen and oxygen atoms in total. The topological polar surface area (TPSA) is 177 Å². The van der Waals surface area contributed by atoms with E-state index in [0.29, 0.717) is 39.0 Å². The molecule has 68 heavy (non-hydrogen) atoms. The van der Waals surface area contributed by atoms with Gasteiger partial charge in [-0.2, -0.15) is 0 Å². The number of ether oxygens (including phenoxy) is 2. The molecule has 2 aromatic carbocycles. The monoisotopic (exact) mass is 929 g/mol. The van der Waals surface area contributed by atoms with Crippen LogP contribution in [0.15, 0.2) is 85.5 Å². The summed E-state index contributed by atoms with van der Waals surface area (Å²) < 4.78 is 16.3. The van der Waals surface area contributed by atoms with Gasteiger partial charge in [0, 0.05) is 75.9 Å². The minimum absolute atomic E-state index is 0.0360. The predicted octanol–water partition coefficient (Wildman–Crippen LogP) is 2.95. The largest absolute Gasteiger partial charge is 0.363 e. The first-order chi connectivity index (χ1) is 33.0. The van der Waals surface area contributed by atoms with E-state index in [4.69, 9.17) is 9.47 Å². The molecule has 0 radical (unpaired) electrons. The zero-order chi connectivity index (χ0) is 48.4. The Morgan fingerprint density at radius 3 is 1.41 bits per heavy atom. The summed E-state index contributed by atoms with van der Waals surface area (Å²) in [6.45, 7) is 9.23. The van der Waals surface area contributed by atoms with Crippen LogP contribution in [-0.4, -0.2) is 141 Å². The van der Waals surface area contributed by atoms with Crippen molar-refractivity contribution in [1.82, 2.24) is 50.2 Å². The maximum Gasteiger partial charge on any atom is 0.248 e. The van der Waals surface area contributed by atoms with E-state index in [1.165, 1.54) is 0 Å². The summed E-state index contributed by atoms with van der Waals surface area (Å²) in [4.78, 5) is 67.8. The van der Waals surface area contributed by atoms with Crippen LogP contribution >= 0.6 is 0 Å². The number of likely N-dealkylation sites (N-methyl/N-ethyl adjacent to an activating group) is 2. The number of aromatic nitrogens is 4. The summed E-state index contributed by atoms with van der Waals surface area (Å²) in [5.41, 5.74) is 2.32. The summed E-state index contributed by atoms with van der Waals surface area (Å²) in [5.74, 6) is 12.1. The third kappa shape index (κ3) is 14.1. The van der Waals surface area contributed by atoms with Gasteiger partial charge in [0.1, 0.15) is 36.9 Å². The molecule has 6 rings (SSSR count). The minimum Gasteiger partial charge on any atom is -0.363 e. The van der Waals surface area contributed by atoms with Crippen LogP contribution in [-0.2, 0) is 54.6 Å². The van der Waals surface area contributed by atoms with Crippen molar-refractivity contribution in [2.75, 3.05) is 40.4 Å². The molecule has 0 aliphatic carbocycles. The molecule has 4 amide bonds. The number of rotatable bonds is 22. The van der Waals surface area contributed by atoms with Crippen LogP contribution < -0.4 is 21.3 Å². The number of nitrogens with zero attached hydrogens (tertiary/aromatic N) is 6. The number of nitrogens with one attached hydrogen (secondary N) is 4. The number of imidazole rings is 2. The first kappa shape index (κ1) is 51.1. The highest BCUT2D eigenvalue weighted by molar-refractivity contribution is 5.91. The third-order valence-corrected chi connectivity index (χ3v) is 12.9. The van der Waals surface area contributed by atoms with Crippen molar-refractivity contribution >= 4 is 23.6 Å². The first-order valence-electron chi connectivity index (χ1n) is 23.8. The van der Waals surface area contributed by atoms with Crippen molar-refractivity contribution in [2.45, 2.75) is 128 Å². The van der Waals surface area contributed by atoms with Crippen LogP contribution in [0.25, 0.3) is 0 Å². The average Bonchev–Trinajstić information content (AvgIpc) is 4.20. The molecule has 4 heterocycles. The van der Waals surface area contributed by atoms with Gasteiger partial charge in [-0.05, 0) is 90.4 Å². The first-order valence-corrected chi connectivity index (χ1v) is 23.8. The van der Waals surface area contributed by atoms with Gasteiger partial charge in [-0.15, -0.1) is 0 Å². The molecule has 2 aromatic heterocycles. The van der Waals surface area contributed by atoms with Gasteiger partial charge in [-0.3, -0.25) is 19.2 Å². The molecular formula is C52H68N10O6. The van der Waals surface area contributed by atoms with Crippen LogP contribution in [0.1, 0.15) is 76.2 Å². The highest BCUT2D eigenvalue weighted by atomic mass is 16.5. The molecule has 0 unspecified atom stereocenters. The molecule has 2 aliphatic heterocycles. The fourth-order valence-electron chi connectivity index (χ4n) is 8.62. The fourth-order valence-corrected chi connectivity index (χ4v) is 8.62. The second-order valence-corrected chi connectivity index (χ2v) is 17.6. The van der Waals surface area contributed by atoms with Gasteiger partial charge in [-0.25, -0.2) is 9.97 Å². The Kier molecular flexibility index (Phi) is 19.3. The summed E-state index contributed by atoms with van der Waals surface area (Å²) >= 11 is 0. The average molecular weight is 929 g/mol. The second kappa shape index (κ2) is 25.7.